The molecule has 0 N–H and O–H groups in total. The van der Waals surface area contributed by atoms with Crippen LogP contribution in [0.15, 0.2) is 28.7 Å². The first-order valence-corrected chi connectivity index (χ1v) is 8.48. The summed E-state index contributed by atoms with van der Waals surface area (Å²) < 4.78 is 0.902. The summed E-state index contributed by atoms with van der Waals surface area (Å²) in [7, 11) is 0. The van der Waals surface area contributed by atoms with Gasteiger partial charge in [-0.15, -0.1) is 0 Å². The molecular formula is C17H26BrNO. The van der Waals surface area contributed by atoms with Crippen molar-refractivity contribution in [1.82, 2.24) is 4.90 Å². The van der Waals surface area contributed by atoms with Crippen molar-refractivity contribution in [2.75, 3.05) is 19.6 Å². The van der Waals surface area contributed by atoms with Crippen LogP contribution in [-0.4, -0.2) is 30.3 Å². The highest BCUT2D eigenvalue weighted by atomic mass is 79.9. The van der Waals surface area contributed by atoms with E-state index in [1.807, 2.05) is 24.3 Å². The van der Waals surface area contributed by atoms with E-state index in [9.17, 15) is 4.79 Å². The zero-order valence-electron chi connectivity index (χ0n) is 12.7. The van der Waals surface area contributed by atoms with Gasteiger partial charge >= 0.3 is 0 Å². The topological polar surface area (TPSA) is 20.3 Å². The smallest absolute Gasteiger partial charge is 0.165 e. The largest absolute Gasteiger partial charge is 0.303 e. The van der Waals surface area contributed by atoms with Crippen LogP contribution in [0.3, 0.4) is 0 Å². The second kappa shape index (κ2) is 10.1. The van der Waals surface area contributed by atoms with Crippen LogP contribution in [0.25, 0.3) is 0 Å². The summed E-state index contributed by atoms with van der Waals surface area (Å²) in [6.45, 7) is 7.52. The van der Waals surface area contributed by atoms with Crippen LogP contribution in [0.2, 0.25) is 0 Å². The molecular weight excluding hydrogens is 314 g/mol. The molecule has 1 rings (SSSR count). The Labute approximate surface area is 131 Å². The van der Waals surface area contributed by atoms with E-state index in [0.717, 1.165) is 29.7 Å². The zero-order valence-corrected chi connectivity index (χ0v) is 14.3. The first-order chi connectivity index (χ1) is 9.69. The van der Waals surface area contributed by atoms with Crippen LogP contribution >= 0.6 is 15.9 Å². The minimum Gasteiger partial charge on any atom is -0.303 e. The molecule has 0 aliphatic heterocycles. The van der Waals surface area contributed by atoms with Gasteiger partial charge in [0.25, 0.3) is 0 Å². The van der Waals surface area contributed by atoms with E-state index in [0.29, 0.717) is 6.42 Å². The van der Waals surface area contributed by atoms with Gasteiger partial charge in [-0.05, 0) is 32.0 Å². The molecule has 2 nitrogen and oxygen atoms in total. The van der Waals surface area contributed by atoms with Gasteiger partial charge in [-0.3, -0.25) is 4.79 Å². The number of Topliss-reactive ketones (excluding diaryl/α,β-unsaturated/α-hetero) is 1. The second-order valence-electron chi connectivity index (χ2n) is 5.20. The average Bonchev–Trinajstić information content (AvgIpc) is 2.46. The van der Waals surface area contributed by atoms with Crippen molar-refractivity contribution in [2.45, 2.75) is 46.0 Å². The van der Waals surface area contributed by atoms with Gasteiger partial charge in [0.05, 0.1) is 0 Å². The molecule has 0 heterocycles. The summed E-state index contributed by atoms with van der Waals surface area (Å²) in [4.78, 5) is 14.7. The predicted molar refractivity (Wildman–Crippen MR) is 89.3 cm³/mol. The molecule has 20 heavy (non-hydrogen) atoms. The summed E-state index contributed by atoms with van der Waals surface area (Å²) >= 11 is 3.45. The maximum Gasteiger partial charge on any atom is 0.165 e. The van der Waals surface area contributed by atoms with Crippen molar-refractivity contribution in [3.8, 4) is 0 Å². The minimum atomic E-state index is 0.232. The summed E-state index contributed by atoms with van der Waals surface area (Å²) in [5.41, 5.74) is 0.804. The highest BCUT2D eigenvalue weighted by molar-refractivity contribution is 9.10. The van der Waals surface area contributed by atoms with Crippen LogP contribution < -0.4 is 0 Å². The van der Waals surface area contributed by atoms with Gasteiger partial charge in [-0.25, -0.2) is 0 Å². The standard InChI is InChI=1S/C17H26BrNO/c1-3-5-12-19(13-6-4-2)14-11-17(20)15-9-7-8-10-16(15)18/h7-10H,3-6,11-14H2,1-2H3. The summed E-state index contributed by atoms with van der Waals surface area (Å²) in [5, 5.41) is 0. The molecule has 0 saturated carbocycles. The van der Waals surface area contributed by atoms with Crippen LogP contribution in [0.4, 0.5) is 0 Å². The number of rotatable bonds is 10. The van der Waals surface area contributed by atoms with E-state index < -0.39 is 0 Å². The third-order valence-corrected chi connectivity index (χ3v) is 4.18. The number of unbranched alkanes of at least 4 members (excludes halogenated alkanes) is 2. The number of hydrogen-bond acceptors (Lipinski definition) is 2. The van der Waals surface area contributed by atoms with E-state index in [2.05, 4.69) is 34.7 Å². The Balaban J connectivity index is 2.49. The summed E-state index contributed by atoms with van der Waals surface area (Å²) in [6, 6.07) is 7.69. The number of benzene rings is 1. The fourth-order valence-electron chi connectivity index (χ4n) is 2.18. The second-order valence-corrected chi connectivity index (χ2v) is 6.06. The van der Waals surface area contributed by atoms with Gasteiger partial charge in [0.2, 0.25) is 0 Å². The highest BCUT2D eigenvalue weighted by Crippen LogP contribution is 2.17. The number of hydrogen-bond donors (Lipinski definition) is 0. The van der Waals surface area contributed by atoms with Crippen molar-refractivity contribution in [3.05, 3.63) is 34.3 Å². The Morgan fingerprint density at radius 3 is 2.20 bits per heavy atom. The normalized spacial score (nSPS) is 11.0. The molecule has 1 aromatic carbocycles. The van der Waals surface area contributed by atoms with Crippen LogP contribution in [0, 0.1) is 0 Å². The van der Waals surface area contributed by atoms with Gasteiger partial charge in [-0.2, -0.15) is 0 Å². The Morgan fingerprint density at radius 2 is 1.65 bits per heavy atom. The highest BCUT2D eigenvalue weighted by Gasteiger charge is 2.11. The maximum absolute atomic E-state index is 12.3. The molecule has 0 unspecified atom stereocenters. The lowest BCUT2D eigenvalue weighted by atomic mass is 10.1. The molecule has 3 heteroatoms. The predicted octanol–water partition coefficient (Wildman–Crippen LogP) is 4.92. The van der Waals surface area contributed by atoms with Gasteiger partial charge in [-0.1, -0.05) is 60.8 Å². The van der Waals surface area contributed by atoms with Gasteiger partial charge in [0.1, 0.15) is 0 Å². The molecule has 0 aliphatic carbocycles. The molecule has 1 aromatic rings. The summed E-state index contributed by atoms with van der Waals surface area (Å²) in [5.74, 6) is 0.232. The quantitative estimate of drug-likeness (QED) is 0.563. The Kier molecular flexibility index (Phi) is 8.79. The third-order valence-electron chi connectivity index (χ3n) is 3.49. The van der Waals surface area contributed by atoms with Gasteiger partial charge in [0.15, 0.2) is 5.78 Å². The lowest BCUT2D eigenvalue weighted by Gasteiger charge is -2.21. The van der Waals surface area contributed by atoms with E-state index in [1.54, 1.807) is 0 Å². The monoisotopic (exact) mass is 339 g/mol. The van der Waals surface area contributed by atoms with Crippen LogP contribution in [0.1, 0.15) is 56.3 Å². The number of carbonyl (C=O) groups is 1. The van der Waals surface area contributed by atoms with E-state index in [-0.39, 0.29) is 5.78 Å². The van der Waals surface area contributed by atoms with E-state index >= 15 is 0 Å². The Hall–Kier alpha value is -0.670. The maximum atomic E-state index is 12.3. The molecule has 0 aliphatic rings. The van der Waals surface area contributed by atoms with Crippen molar-refractivity contribution in [2.24, 2.45) is 0 Å². The molecule has 0 fully saturated rings. The van der Waals surface area contributed by atoms with Crippen LogP contribution in [0.5, 0.6) is 0 Å². The van der Waals surface area contributed by atoms with E-state index in [4.69, 9.17) is 0 Å². The minimum absolute atomic E-state index is 0.232. The molecule has 0 spiro atoms. The fourth-order valence-corrected chi connectivity index (χ4v) is 2.69. The van der Waals surface area contributed by atoms with E-state index in [1.165, 1.54) is 25.7 Å². The molecule has 0 radical (unpaired) electrons. The zero-order chi connectivity index (χ0) is 14.8. The SMILES string of the molecule is CCCCN(CCCC)CCC(=O)c1ccccc1Br. The third kappa shape index (κ3) is 6.19. The van der Waals surface area contributed by atoms with Crippen molar-refractivity contribution in [1.29, 1.82) is 0 Å². The average molecular weight is 340 g/mol. The van der Waals surface area contributed by atoms with Gasteiger partial charge in [0, 0.05) is 23.0 Å². The first kappa shape index (κ1) is 17.4. The van der Waals surface area contributed by atoms with Crippen LogP contribution in [-0.2, 0) is 0 Å². The lowest BCUT2D eigenvalue weighted by molar-refractivity contribution is 0.0962. The lowest BCUT2D eigenvalue weighted by Crippen LogP contribution is -2.28. The van der Waals surface area contributed by atoms with Gasteiger partial charge < -0.3 is 4.90 Å². The molecule has 0 atom stereocenters. The van der Waals surface area contributed by atoms with Crippen molar-refractivity contribution < 1.29 is 4.79 Å². The number of nitrogens with zero attached hydrogens (tertiary/aromatic N) is 1. The number of carbonyl (C=O) groups excluding carboxylic acids is 1. The molecule has 112 valence electrons. The Morgan fingerprint density at radius 1 is 1.05 bits per heavy atom. The number of ketones is 1. The fraction of sp³-hybridized carbons (Fsp3) is 0.588. The molecule has 0 amide bonds. The molecule has 0 saturated heterocycles. The Bertz CT molecular complexity index is 398. The number of halogens is 1. The molecule has 0 bridgehead atoms. The first-order valence-electron chi connectivity index (χ1n) is 7.69. The van der Waals surface area contributed by atoms with Crippen molar-refractivity contribution >= 4 is 21.7 Å². The van der Waals surface area contributed by atoms with Crippen molar-refractivity contribution in [3.63, 3.8) is 0 Å². The summed E-state index contributed by atoms with van der Waals surface area (Å²) in [6.07, 6.45) is 5.46. The molecule has 0 aromatic heterocycles.